The van der Waals surface area contributed by atoms with E-state index in [1.54, 1.807) is 17.7 Å². The molecule has 4 heteroatoms. The van der Waals surface area contributed by atoms with Crippen molar-refractivity contribution in [1.29, 1.82) is 0 Å². The maximum atomic E-state index is 4.34. The lowest BCUT2D eigenvalue weighted by atomic mass is 10.1. The van der Waals surface area contributed by atoms with Gasteiger partial charge in [0.1, 0.15) is 12.1 Å². The van der Waals surface area contributed by atoms with Gasteiger partial charge in [0.2, 0.25) is 0 Å². The molecule has 1 aromatic carbocycles. The predicted octanol–water partition coefficient (Wildman–Crippen LogP) is 3.40. The molecular formula is C13H11N3S. The lowest BCUT2D eigenvalue weighted by Crippen LogP contribution is -1.94. The fourth-order valence-corrected chi connectivity index (χ4v) is 2.76. The van der Waals surface area contributed by atoms with Gasteiger partial charge in [-0.3, -0.25) is 0 Å². The molecule has 2 heterocycles. The van der Waals surface area contributed by atoms with Gasteiger partial charge in [-0.2, -0.15) is 0 Å². The average molecular weight is 241 g/mol. The number of hydrogen-bond donors (Lipinski definition) is 1. The lowest BCUT2D eigenvalue weighted by Gasteiger charge is -2.04. The van der Waals surface area contributed by atoms with Crippen LogP contribution in [-0.2, 0) is 0 Å². The molecule has 0 radical (unpaired) electrons. The molecule has 3 nitrogen and oxygen atoms in total. The van der Waals surface area contributed by atoms with Crippen LogP contribution < -0.4 is 5.32 Å². The van der Waals surface area contributed by atoms with Gasteiger partial charge < -0.3 is 5.32 Å². The number of anilines is 1. The summed E-state index contributed by atoms with van der Waals surface area (Å²) >= 11 is 1.74. The first-order chi connectivity index (χ1) is 8.38. The zero-order valence-corrected chi connectivity index (χ0v) is 10.2. The fourth-order valence-electron chi connectivity index (χ4n) is 1.84. The van der Waals surface area contributed by atoms with Gasteiger partial charge in [0.15, 0.2) is 0 Å². The second-order valence-electron chi connectivity index (χ2n) is 3.68. The number of nitrogens with zero attached hydrogens (tertiary/aromatic N) is 2. The Morgan fingerprint density at radius 1 is 1.18 bits per heavy atom. The molecular weight excluding hydrogens is 230 g/mol. The van der Waals surface area contributed by atoms with Crippen LogP contribution in [0, 0.1) is 0 Å². The van der Waals surface area contributed by atoms with E-state index in [1.807, 2.05) is 13.1 Å². The van der Waals surface area contributed by atoms with Gasteiger partial charge in [-0.05, 0) is 16.8 Å². The first-order valence-corrected chi connectivity index (χ1v) is 6.23. The summed E-state index contributed by atoms with van der Waals surface area (Å²) in [5.74, 6) is 0.837. The number of nitrogens with one attached hydrogen (secondary N) is 1. The molecule has 17 heavy (non-hydrogen) atoms. The summed E-state index contributed by atoms with van der Waals surface area (Å²) in [7, 11) is 1.86. The molecule has 2 aromatic heterocycles. The van der Waals surface area contributed by atoms with Crippen LogP contribution in [0.4, 0.5) is 5.82 Å². The molecule has 1 N–H and O–H groups in total. The van der Waals surface area contributed by atoms with E-state index in [4.69, 9.17) is 0 Å². The maximum Gasteiger partial charge on any atom is 0.129 e. The summed E-state index contributed by atoms with van der Waals surface area (Å²) in [6, 6.07) is 10.4. The van der Waals surface area contributed by atoms with Crippen molar-refractivity contribution < 1.29 is 0 Å². The summed E-state index contributed by atoms with van der Waals surface area (Å²) in [5.41, 5.74) is 2.12. The lowest BCUT2D eigenvalue weighted by molar-refractivity contribution is 1.16. The summed E-state index contributed by atoms with van der Waals surface area (Å²) in [4.78, 5) is 8.48. The van der Waals surface area contributed by atoms with Crippen LogP contribution in [0.1, 0.15) is 0 Å². The van der Waals surface area contributed by atoms with Crippen LogP contribution in [0.3, 0.4) is 0 Å². The SMILES string of the molecule is CNc1cc(-c2cccc3ccsc23)ncn1. The third-order valence-electron chi connectivity index (χ3n) is 2.68. The Hall–Kier alpha value is -1.94. The Kier molecular flexibility index (Phi) is 2.49. The van der Waals surface area contributed by atoms with E-state index < -0.39 is 0 Å². The highest BCUT2D eigenvalue weighted by molar-refractivity contribution is 7.17. The molecule has 3 aromatic rings. The Balaban J connectivity index is 2.23. The highest BCUT2D eigenvalue weighted by Gasteiger charge is 2.06. The quantitative estimate of drug-likeness (QED) is 0.747. The maximum absolute atomic E-state index is 4.34. The summed E-state index contributed by atoms with van der Waals surface area (Å²) in [6.45, 7) is 0. The number of rotatable bonds is 2. The van der Waals surface area contributed by atoms with Crippen LogP contribution in [0.15, 0.2) is 42.0 Å². The summed E-state index contributed by atoms with van der Waals surface area (Å²) in [6.07, 6.45) is 1.59. The normalized spacial score (nSPS) is 10.6. The van der Waals surface area contributed by atoms with Crippen LogP contribution >= 0.6 is 11.3 Å². The monoisotopic (exact) mass is 241 g/mol. The van der Waals surface area contributed by atoms with Crippen LogP contribution in [0.2, 0.25) is 0 Å². The van der Waals surface area contributed by atoms with Crippen molar-refractivity contribution >= 4 is 27.2 Å². The van der Waals surface area contributed by atoms with Gasteiger partial charge in [0.25, 0.3) is 0 Å². The molecule has 3 rings (SSSR count). The minimum atomic E-state index is 0.837. The molecule has 0 atom stereocenters. The molecule has 84 valence electrons. The number of hydrogen-bond acceptors (Lipinski definition) is 4. The van der Waals surface area contributed by atoms with Crippen LogP contribution in [0.25, 0.3) is 21.3 Å². The van der Waals surface area contributed by atoms with Gasteiger partial charge in [-0.25, -0.2) is 9.97 Å². The van der Waals surface area contributed by atoms with E-state index in [2.05, 4.69) is 44.9 Å². The minimum Gasteiger partial charge on any atom is -0.373 e. The Labute approximate surface area is 103 Å². The third kappa shape index (κ3) is 1.76. The van der Waals surface area contributed by atoms with Crippen molar-refractivity contribution in [2.45, 2.75) is 0 Å². The van der Waals surface area contributed by atoms with Gasteiger partial charge in [-0.1, -0.05) is 18.2 Å². The standard InChI is InChI=1S/C13H11N3S/c1-14-12-7-11(15-8-16-12)10-4-2-3-9-5-6-17-13(9)10/h2-8H,1H3,(H,14,15,16). The molecule has 0 aliphatic heterocycles. The first-order valence-electron chi connectivity index (χ1n) is 5.35. The van der Waals surface area contributed by atoms with Gasteiger partial charge >= 0.3 is 0 Å². The minimum absolute atomic E-state index is 0.837. The van der Waals surface area contributed by atoms with Crippen molar-refractivity contribution in [3.05, 3.63) is 42.0 Å². The van der Waals surface area contributed by atoms with E-state index in [0.29, 0.717) is 0 Å². The van der Waals surface area contributed by atoms with Crippen LogP contribution in [0.5, 0.6) is 0 Å². The number of fused-ring (bicyclic) bond motifs is 1. The Morgan fingerprint density at radius 2 is 2.12 bits per heavy atom. The van der Waals surface area contributed by atoms with Gasteiger partial charge in [-0.15, -0.1) is 11.3 Å². The van der Waals surface area contributed by atoms with Crippen molar-refractivity contribution in [1.82, 2.24) is 9.97 Å². The van der Waals surface area contributed by atoms with Crippen LogP contribution in [-0.4, -0.2) is 17.0 Å². The molecule has 0 unspecified atom stereocenters. The topological polar surface area (TPSA) is 37.8 Å². The van der Waals surface area contributed by atoms with Gasteiger partial charge in [0.05, 0.1) is 5.69 Å². The highest BCUT2D eigenvalue weighted by atomic mass is 32.1. The number of aromatic nitrogens is 2. The Bertz CT molecular complexity index is 660. The Morgan fingerprint density at radius 3 is 3.00 bits per heavy atom. The number of thiophene rings is 1. The van der Waals surface area contributed by atoms with Crippen molar-refractivity contribution in [2.24, 2.45) is 0 Å². The largest absolute Gasteiger partial charge is 0.373 e. The zero-order chi connectivity index (χ0) is 11.7. The molecule has 0 spiro atoms. The van der Waals surface area contributed by atoms with E-state index in [-0.39, 0.29) is 0 Å². The van der Waals surface area contributed by atoms with E-state index in [9.17, 15) is 0 Å². The van der Waals surface area contributed by atoms with E-state index in [0.717, 1.165) is 17.1 Å². The average Bonchev–Trinajstić information content (AvgIpc) is 2.87. The second kappa shape index (κ2) is 4.14. The van der Waals surface area contributed by atoms with E-state index in [1.165, 1.54) is 10.1 Å². The molecule has 0 aliphatic carbocycles. The second-order valence-corrected chi connectivity index (χ2v) is 4.60. The molecule has 0 fully saturated rings. The summed E-state index contributed by atoms with van der Waals surface area (Å²) in [5, 5.41) is 6.40. The molecule has 0 saturated carbocycles. The first kappa shape index (κ1) is 10.2. The van der Waals surface area contributed by atoms with Crippen molar-refractivity contribution in [2.75, 3.05) is 12.4 Å². The third-order valence-corrected chi connectivity index (χ3v) is 3.64. The van der Waals surface area contributed by atoms with Gasteiger partial charge in [0, 0.05) is 23.4 Å². The molecule has 0 saturated heterocycles. The van der Waals surface area contributed by atoms with Crippen molar-refractivity contribution in [3.63, 3.8) is 0 Å². The van der Waals surface area contributed by atoms with E-state index >= 15 is 0 Å². The highest BCUT2D eigenvalue weighted by Crippen LogP contribution is 2.31. The summed E-state index contributed by atoms with van der Waals surface area (Å²) < 4.78 is 1.27. The molecule has 0 amide bonds. The predicted molar refractivity (Wildman–Crippen MR) is 72.4 cm³/mol. The molecule has 0 aliphatic rings. The molecule has 0 bridgehead atoms. The van der Waals surface area contributed by atoms with Crippen molar-refractivity contribution in [3.8, 4) is 11.3 Å². The fraction of sp³-hybridized carbons (Fsp3) is 0.0769. The smallest absolute Gasteiger partial charge is 0.129 e. The zero-order valence-electron chi connectivity index (χ0n) is 9.34. The number of benzene rings is 1.